The van der Waals surface area contributed by atoms with Crippen LogP contribution < -0.4 is 16.4 Å². The van der Waals surface area contributed by atoms with E-state index >= 15 is 0 Å². The van der Waals surface area contributed by atoms with E-state index in [4.69, 9.17) is 5.73 Å². The van der Waals surface area contributed by atoms with Gasteiger partial charge in [0, 0.05) is 31.3 Å². The highest BCUT2D eigenvalue weighted by molar-refractivity contribution is 5.94. The Morgan fingerprint density at radius 2 is 1.84 bits per heavy atom. The van der Waals surface area contributed by atoms with Crippen LogP contribution in [0.4, 0.5) is 11.8 Å². The van der Waals surface area contributed by atoms with Gasteiger partial charge in [0.15, 0.2) is 0 Å². The Balaban J connectivity index is 2.37. The zero-order valence-electron chi connectivity index (χ0n) is 10.8. The van der Waals surface area contributed by atoms with E-state index in [0.29, 0.717) is 17.1 Å². The topological polar surface area (TPSA) is 92.9 Å². The molecule has 0 bridgehead atoms. The Morgan fingerprint density at radius 3 is 2.42 bits per heavy atom. The Bertz CT molecular complexity index is 594. The molecule has 1 aromatic heterocycles. The summed E-state index contributed by atoms with van der Waals surface area (Å²) in [5.41, 5.74) is 7.83. The Labute approximate surface area is 111 Å². The SMILES string of the molecule is CNC(=O)c1ccc(-c2cc(NC)nc(N)n2)cc1. The van der Waals surface area contributed by atoms with Crippen molar-refractivity contribution in [1.82, 2.24) is 15.3 Å². The lowest BCUT2D eigenvalue weighted by molar-refractivity contribution is 0.0963. The molecule has 1 heterocycles. The number of nitrogens with one attached hydrogen (secondary N) is 2. The molecule has 1 amide bonds. The number of amides is 1. The maximum absolute atomic E-state index is 11.4. The molecule has 6 heteroatoms. The van der Waals surface area contributed by atoms with Crippen molar-refractivity contribution < 1.29 is 4.79 Å². The van der Waals surface area contributed by atoms with Crippen LogP contribution in [0.3, 0.4) is 0 Å². The van der Waals surface area contributed by atoms with Crippen molar-refractivity contribution in [3.05, 3.63) is 35.9 Å². The number of carbonyl (C=O) groups excluding carboxylic acids is 1. The van der Waals surface area contributed by atoms with Crippen LogP contribution in [0, 0.1) is 0 Å². The van der Waals surface area contributed by atoms with E-state index in [1.165, 1.54) is 0 Å². The van der Waals surface area contributed by atoms with Crippen molar-refractivity contribution >= 4 is 17.7 Å². The van der Waals surface area contributed by atoms with E-state index < -0.39 is 0 Å². The number of nitrogen functional groups attached to an aromatic ring is 1. The van der Waals surface area contributed by atoms with Crippen molar-refractivity contribution in [2.24, 2.45) is 0 Å². The monoisotopic (exact) mass is 257 g/mol. The zero-order valence-corrected chi connectivity index (χ0v) is 10.8. The molecule has 98 valence electrons. The molecule has 2 rings (SSSR count). The second kappa shape index (κ2) is 5.34. The van der Waals surface area contributed by atoms with E-state index in [1.54, 1.807) is 32.3 Å². The van der Waals surface area contributed by atoms with Gasteiger partial charge in [-0.2, -0.15) is 4.98 Å². The number of anilines is 2. The highest BCUT2D eigenvalue weighted by atomic mass is 16.1. The molecule has 0 atom stereocenters. The van der Waals surface area contributed by atoms with Crippen LogP contribution >= 0.6 is 0 Å². The molecular formula is C13H15N5O. The quantitative estimate of drug-likeness (QED) is 0.766. The molecule has 0 aliphatic heterocycles. The van der Waals surface area contributed by atoms with Crippen LogP contribution in [0.2, 0.25) is 0 Å². The summed E-state index contributed by atoms with van der Waals surface area (Å²) < 4.78 is 0. The summed E-state index contributed by atoms with van der Waals surface area (Å²) in [5.74, 6) is 0.736. The summed E-state index contributed by atoms with van der Waals surface area (Å²) in [4.78, 5) is 19.7. The maximum atomic E-state index is 11.4. The molecule has 0 radical (unpaired) electrons. The highest BCUT2D eigenvalue weighted by Crippen LogP contribution is 2.20. The van der Waals surface area contributed by atoms with Gasteiger partial charge in [-0.15, -0.1) is 0 Å². The van der Waals surface area contributed by atoms with E-state index in [0.717, 1.165) is 5.56 Å². The minimum Gasteiger partial charge on any atom is -0.373 e. The standard InChI is InChI=1S/C13H15N5O/c1-15-11-7-10(17-13(14)18-11)8-3-5-9(6-4-8)12(19)16-2/h3-7H,1-2H3,(H,16,19)(H3,14,15,17,18). The van der Waals surface area contributed by atoms with Crippen LogP contribution in [-0.4, -0.2) is 30.0 Å². The smallest absolute Gasteiger partial charge is 0.251 e. The third-order valence-corrected chi connectivity index (χ3v) is 2.67. The summed E-state index contributed by atoms with van der Waals surface area (Å²) in [6.07, 6.45) is 0. The Kier molecular flexibility index (Phi) is 3.61. The molecule has 0 fully saturated rings. The molecule has 0 spiro atoms. The number of nitrogens with zero attached hydrogens (tertiary/aromatic N) is 2. The molecule has 2 aromatic rings. The van der Waals surface area contributed by atoms with Crippen LogP contribution in [-0.2, 0) is 0 Å². The van der Waals surface area contributed by atoms with Gasteiger partial charge < -0.3 is 16.4 Å². The average Bonchev–Trinajstić information content (AvgIpc) is 2.46. The fourth-order valence-corrected chi connectivity index (χ4v) is 1.68. The van der Waals surface area contributed by atoms with Gasteiger partial charge in [0.2, 0.25) is 5.95 Å². The second-order valence-corrected chi connectivity index (χ2v) is 3.90. The van der Waals surface area contributed by atoms with Gasteiger partial charge in [-0.05, 0) is 12.1 Å². The summed E-state index contributed by atoms with van der Waals surface area (Å²) in [6.45, 7) is 0. The molecule has 1 aromatic carbocycles. The number of rotatable bonds is 3. The van der Waals surface area contributed by atoms with Crippen molar-refractivity contribution in [2.45, 2.75) is 0 Å². The van der Waals surface area contributed by atoms with Crippen molar-refractivity contribution in [1.29, 1.82) is 0 Å². The third-order valence-electron chi connectivity index (χ3n) is 2.67. The van der Waals surface area contributed by atoms with Crippen LogP contribution in [0.5, 0.6) is 0 Å². The van der Waals surface area contributed by atoms with Gasteiger partial charge in [-0.1, -0.05) is 12.1 Å². The van der Waals surface area contributed by atoms with Crippen molar-refractivity contribution in [3.8, 4) is 11.3 Å². The van der Waals surface area contributed by atoms with Gasteiger partial charge in [-0.25, -0.2) is 4.98 Å². The van der Waals surface area contributed by atoms with Crippen LogP contribution in [0.25, 0.3) is 11.3 Å². The zero-order chi connectivity index (χ0) is 13.8. The number of hydrogen-bond acceptors (Lipinski definition) is 5. The fraction of sp³-hybridized carbons (Fsp3) is 0.154. The predicted octanol–water partition coefficient (Wildman–Crippen LogP) is 1.13. The van der Waals surface area contributed by atoms with Gasteiger partial charge >= 0.3 is 0 Å². The molecule has 19 heavy (non-hydrogen) atoms. The molecule has 0 aliphatic rings. The predicted molar refractivity (Wildman–Crippen MR) is 74.8 cm³/mol. The van der Waals surface area contributed by atoms with Crippen LogP contribution in [0.15, 0.2) is 30.3 Å². The number of carbonyl (C=O) groups is 1. The highest BCUT2D eigenvalue weighted by Gasteiger charge is 2.06. The Morgan fingerprint density at radius 1 is 1.16 bits per heavy atom. The number of aromatic nitrogens is 2. The lowest BCUT2D eigenvalue weighted by Crippen LogP contribution is -2.17. The average molecular weight is 257 g/mol. The van der Waals surface area contributed by atoms with Crippen LogP contribution in [0.1, 0.15) is 10.4 Å². The first-order valence-electron chi connectivity index (χ1n) is 5.79. The maximum Gasteiger partial charge on any atom is 0.251 e. The number of hydrogen-bond donors (Lipinski definition) is 3. The van der Waals surface area contributed by atoms with Crippen molar-refractivity contribution in [2.75, 3.05) is 25.1 Å². The first kappa shape index (κ1) is 12.8. The molecular weight excluding hydrogens is 242 g/mol. The van der Waals surface area contributed by atoms with Gasteiger partial charge in [0.1, 0.15) is 5.82 Å². The van der Waals surface area contributed by atoms with Crippen molar-refractivity contribution in [3.63, 3.8) is 0 Å². The van der Waals surface area contributed by atoms with Gasteiger partial charge in [-0.3, -0.25) is 4.79 Å². The largest absolute Gasteiger partial charge is 0.373 e. The van der Waals surface area contributed by atoms with E-state index in [2.05, 4.69) is 20.6 Å². The molecule has 4 N–H and O–H groups in total. The summed E-state index contributed by atoms with van der Waals surface area (Å²) >= 11 is 0. The van der Waals surface area contributed by atoms with E-state index in [-0.39, 0.29) is 11.9 Å². The molecule has 6 nitrogen and oxygen atoms in total. The minimum atomic E-state index is -0.121. The van der Waals surface area contributed by atoms with E-state index in [1.807, 2.05) is 12.1 Å². The second-order valence-electron chi connectivity index (χ2n) is 3.90. The minimum absolute atomic E-state index is 0.121. The lowest BCUT2D eigenvalue weighted by Gasteiger charge is -2.06. The third kappa shape index (κ3) is 2.79. The molecule has 0 aliphatic carbocycles. The first-order chi connectivity index (χ1) is 9.13. The summed E-state index contributed by atoms with van der Waals surface area (Å²) in [5, 5.41) is 5.49. The number of benzene rings is 1. The van der Waals surface area contributed by atoms with Gasteiger partial charge in [0.25, 0.3) is 5.91 Å². The Hall–Kier alpha value is -2.63. The fourth-order valence-electron chi connectivity index (χ4n) is 1.68. The molecule has 0 saturated carbocycles. The number of nitrogens with two attached hydrogens (primary N) is 1. The van der Waals surface area contributed by atoms with Gasteiger partial charge in [0.05, 0.1) is 5.69 Å². The lowest BCUT2D eigenvalue weighted by atomic mass is 10.1. The molecule has 0 unspecified atom stereocenters. The molecule has 0 saturated heterocycles. The summed E-state index contributed by atoms with van der Waals surface area (Å²) in [7, 11) is 3.36. The first-order valence-corrected chi connectivity index (χ1v) is 5.79. The summed E-state index contributed by atoms with van der Waals surface area (Å²) in [6, 6.07) is 8.93. The van der Waals surface area contributed by atoms with E-state index in [9.17, 15) is 4.79 Å². The normalized spacial score (nSPS) is 10.0.